The third-order valence-corrected chi connectivity index (χ3v) is 5.62. The van der Waals surface area contributed by atoms with Crippen LogP contribution in [0.2, 0.25) is 0 Å². The second-order valence-corrected chi connectivity index (χ2v) is 7.88. The number of carboxylic acids is 1. The molecule has 6 heteroatoms. The molecule has 146 valence electrons. The van der Waals surface area contributed by atoms with E-state index in [9.17, 15) is 20.1 Å². The minimum Gasteiger partial charge on any atom is -0.481 e. The third-order valence-electron chi connectivity index (χ3n) is 5.62. The van der Waals surface area contributed by atoms with E-state index in [0.717, 1.165) is 50.0 Å². The van der Waals surface area contributed by atoms with Crippen LogP contribution in [-0.2, 0) is 10.2 Å². The van der Waals surface area contributed by atoms with Gasteiger partial charge in [-0.3, -0.25) is 4.79 Å². The zero-order valence-electron chi connectivity index (χ0n) is 15.8. The Hall–Kier alpha value is -1.47. The first kappa shape index (κ1) is 20.8. The van der Waals surface area contributed by atoms with Gasteiger partial charge in [-0.1, -0.05) is 24.3 Å². The second-order valence-electron chi connectivity index (χ2n) is 7.88. The average molecular weight is 364 g/mol. The van der Waals surface area contributed by atoms with Crippen molar-refractivity contribution in [1.82, 2.24) is 4.90 Å². The first-order valence-corrected chi connectivity index (χ1v) is 9.39. The molecule has 1 aromatic rings. The molecule has 0 spiro atoms. The quantitative estimate of drug-likeness (QED) is 0.525. The summed E-state index contributed by atoms with van der Waals surface area (Å²) in [5.41, 5.74) is 6.15. The van der Waals surface area contributed by atoms with Crippen molar-refractivity contribution < 1.29 is 20.1 Å². The van der Waals surface area contributed by atoms with Crippen LogP contribution >= 0.6 is 0 Å². The van der Waals surface area contributed by atoms with Crippen LogP contribution in [0.4, 0.5) is 0 Å². The summed E-state index contributed by atoms with van der Waals surface area (Å²) in [5, 5.41) is 29.1. The van der Waals surface area contributed by atoms with Gasteiger partial charge in [-0.05, 0) is 70.3 Å². The Bertz CT molecular complexity index is 578. The Kier molecular flexibility index (Phi) is 7.17. The molecule has 2 atom stereocenters. The average Bonchev–Trinajstić information content (AvgIpc) is 2.62. The van der Waals surface area contributed by atoms with E-state index in [1.807, 2.05) is 12.1 Å². The number of benzene rings is 1. The highest BCUT2D eigenvalue weighted by molar-refractivity contribution is 5.80. The first-order valence-electron chi connectivity index (χ1n) is 9.39. The van der Waals surface area contributed by atoms with Crippen molar-refractivity contribution in [2.45, 2.75) is 57.3 Å². The lowest BCUT2D eigenvalue weighted by molar-refractivity contribution is -0.142. The lowest BCUT2D eigenvalue weighted by Gasteiger charge is -2.33. The maximum Gasteiger partial charge on any atom is 0.313 e. The molecule has 0 radical (unpaired) electrons. The molecule has 0 saturated carbocycles. The summed E-state index contributed by atoms with van der Waals surface area (Å²) in [6.45, 7) is 6.15. The van der Waals surface area contributed by atoms with Crippen molar-refractivity contribution in [1.29, 1.82) is 0 Å². The van der Waals surface area contributed by atoms with Crippen LogP contribution in [0.15, 0.2) is 24.3 Å². The predicted octanol–water partition coefficient (Wildman–Crippen LogP) is 1.85. The highest BCUT2D eigenvalue weighted by Gasteiger charge is 2.29. The van der Waals surface area contributed by atoms with E-state index >= 15 is 0 Å². The molecule has 2 rings (SSSR count). The summed E-state index contributed by atoms with van der Waals surface area (Å²) in [5.74, 6) is -0.665. The van der Waals surface area contributed by atoms with Gasteiger partial charge < -0.3 is 26.0 Å². The second kappa shape index (κ2) is 8.95. The molecule has 1 fully saturated rings. The lowest BCUT2D eigenvalue weighted by atomic mass is 9.84. The van der Waals surface area contributed by atoms with E-state index in [1.165, 1.54) is 0 Å². The summed E-state index contributed by atoms with van der Waals surface area (Å²) in [6, 6.07) is 7.21. The van der Waals surface area contributed by atoms with Crippen LogP contribution in [0.1, 0.15) is 56.8 Å². The molecule has 6 nitrogen and oxygen atoms in total. The van der Waals surface area contributed by atoms with E-state index in [0.29, 0.717) is 6.42 Å². The van der Waals surface area contributed by atoms with Gasteiger partial charge in [0.25, 0.3) is 0 Å². The van der Waals surface area contributed by atoms with Crippen molar-refractivity contribution >= 4 is 5.97 Å². The van der Waals surface area contributed by atoms with Crippen molar-refractivity contribution in [2.75, 3.05) is 19.6 Å². The first-order chi connectivity index (χ1) is 12.2. The molecular weight excluding hydrogens is 332 g/mol. The molecule has 26 heavy (non-hydrogen) atoms. The Morgan fingerprint density at radius 2 is 1.81 bits per heavy atom. The molecule has 1 saturated heterocycles. The summed E-state index contributed by atoms with van der Waals surface area (Å²) in [6.07, 6.45) is 2.14. The SMILES string of the molecule is CC(C)(C(=O)O)c1ccc(C(O)CCCN2CCC(C(N)O)CC2)cc1. The van der Waals surface area contributed by atoms with Crippen LogP contribution in [0.5, 0.6) is 0 Å². The van der Waals surface area contributed by atoms with Gasteiger partial charge in [0.1, 0.15) is 6.23 Å². The number of rotatable bonds is 8. The molecular formula is C20H32N2O4. The van der Waals surface area contributed by atoms with E-state index in [-0.39, 0.29) is 5.92 Å². The van der Waals surface area contributed by atoms with Gasteiger partial charge in [-0.2, -0.15) is 0 Å². The van der Waals surface area contributed by atoms with Crippen LogP contribution in [-0.4, -0.2) is 52.1 Å². The maximum atomic E-state index is 11.3. The van der Waals surface area contributed by atoms with Crippen LogP contribution < -0.4 is 5.73 Å². The van der Waals surface area contributed by atoms with Crippen molar-refractivity contribution in [2.24, 2.45) is 11.7 Å². The highest BCUT2D eigenvalue weighted by atomic mass is 16.4. The number of hydrogen-bond acceptors (Lipinski definition) is 5. The standard InChI is InChI=1S/C20H32N2O4/c1-20(2,19(25)26)16-7-5-14(6-8-16)17(23)4-3-11-22-12-9-15(10-13-22)18(21)24/h5-8,15,17-18,23-24H,3-4,9-13,21H2,1-2H3,(H,25,26). The van der Waals surface area contributed by atoms with Gasteiger partial charge in [-0.25, -0.2) is 0 Å². The number of aliphatic hydroxyl groups excluding tert-OH is 2. The molecule has 1 heterocycles. The molecule has 5 N–H and O–H groups in total. The number of nitrogens with zero attached hydrogens (tertiary/aromatic N) is 1. The number of piperidine rings is 1. The molecule has 0 aliphatic carbocycles. The minimum atomic E-state index is -0.938. The van der Waals surface area contributed by atoms with Crippen LogP contribution in [0.25, 0.3) is 0 Å². The summed E-state index contributed by atoms with van der Waals surface area (Å²) < 4.78 is 0. The van der Waals surface area contributed by atoms with Crippen LogP contribution in [0, 0.1) is 5.92 Å². The van der Waals surface area contributed by atoms with Crippen LogP contribution in [0.3, 0.4) is 0 Å². The number of hydrogen-bond donors (Lipinski definition) is 4. The Balaban J connectivity index is 1.78. The molecule has 0 aromatic heterocycles. The topological polar surface area (TPSA) is 107 Å². The molecule has 1 aromatic carbocycles. The largest absolute Gasteiger partial charge is 0.481 e. The number of aliphatic hydroxyl groups is 2. The van der Waals surface area contributed by atoms with E-state index in [1.54, 1.807) is 26.0 Å². The fourth-order valence-electron chi connectivity index (χ4n) is 3.44. The van der Waals surface area contributed by atoms with E-state index in [2.05, 4.69) is 4.90 Å². The molecule has 2 unspecified atom stereocenters. The van der Waals surface area contributed by atoms with Crippen molar-refractivity contribution in [3.05, 3.63) is 35.4 Å². The summed E-state index contributed by atoms with van der Waals surface area (Å²) in [4.78, 5) is 13.7. The van der Waals surface area contributed by atoms with Crippen molar-refractivity contribution in [3.8, 4) is 0 Å². The number of likely N-dealkylation sites (tertiary alicyclic amines) is 1. The zero-order valence-corrected chi connectivity index (χ0v) is 15.8. The number of aliphatic carboxylic acids is 1. The Morgan fingerprint density at radius 1 is 1.23 bits per heavy atom. The lowest BCUT2D eigenvalue weighted by Crippen LogP contribution is -2.41. The monoisotopic (exact) mass is 364 g/mol. The molecule has 1 aliphatic rings. The minimum absolute atomic E-state index is 0.199. The normalized spacial score (nSPS) is 19.3. The van der Waals surface area contributed by atoms with Gasteiger partial charge in [0, 0.05) is 5.92 Å². The molecule has 0 bridgehead atoms. The zero-order chi connectivity index (χ0) is 19.3. The Labute approximate surface area is 155 Å². The Morgan fingerprint density at radius 3 is 2.31 bits per heavy atom. The van der Waals surface area contributed by atoms with Crippen molar-refractivity contribution in [3.63, 3.8) is 0 Å². The van der Waals surface area contributed by atoms with Gasteiger partial charge >= 0.3 is 5.97 Å². The number of carboxylic acid groups (broad SMARTS) is 1. The fraction of sp³-hybridized carbons (Fsp3) is 0.650. The fourth-order valence-corrected chi connectivity index (χ4v) is 3.44. The molecule has 1 aliphatic heterocycles. The van der Waals surface area contributed by atoms with Gasteiger partial charge in [0.05, 0.1) is 11.5 Å². The van der Waals surface area contributed by atoms with E-state index in [4.69, 9.17) is 5.73 Å². The highest BCUT2D eigenvalue weighted by Crippen LogP contribution is 2.26. The van der Waals surface area contributed by atoms with Gasteiger partial charge in [0.15, 0.2) is 0 Å². The molecule has 0 amide bonds. The smallest absolute Gasteiger partial charge is 0.313 e. The summed E-state index contributed by atoms with van der Waals surface area (Å²) in [7, 11) is 0. The predicted molar refractivity (Wildman–Crippen MR) is 101 cm³/mol. The number of carbonyl (C=O) groups is 1. The van der Waals surface area contributed by atoms with E-state index < -0.39 is 23.7 Å². The van der Waals surface area contributed by atoms with Gasteiger partial charge in [-0.15, -0.1) is 0 Å². The summed E-state index contributed by atoms with van der Waals surface area (Å²) >= 11 is 0. The maximum absolute atomic E-state index is 11.3. The third kappa shape index (κ3) is 5.27. The van der Waals surface area contributed by atoms with Gasteiger partial charge in [0.2, 0.25) is 0 Å². The number of nitrogens with two attached hydrogens (primary N) is 1.